The van der Waals surface area contributed by atoms with Crippen LogP contribution in [0, 0.1) is 6.92 Å². The van der Waals surface area contributed by atoms with E-state index in [4.69, 9.17) is 14.1 Å². The van der Waals surface area contributed by atoms with E-state index in [0.29, 0.717) is 39.7 Å². The Balaban J connectivity index is 1.69. The summed E-state index contributed by atoms with van der Waals surface area (Å²) in [5, 5.41) is 1.13. The van der Waals surface area contributed by atoms with Crippen molar-refractivity contribution in [1.29, 1.82) is 0 Å². The maximum atomic E-state index is 13.2. The summed E-state index contributed by atoms with van der Waals surface area (Å²) in [4.78, 5) is 33.8. The number of carbonyl (C=O) groups excluding carboxylic acids is 1. The highest BCUT2D eigenvalue weighted by Gasteiger charge is 2.18. The summed E-state index contributed by atoms with van der Waals surface area (Å²) < 4.78 is 12.0. The van der Waals surface area contributed by atoms with E-state index < -0.39 is 5.97 Å². The first-order valence-electron chi connectivity index (χ1n) is 9.25. The Kier molecular flexibility index (Phi) is 5.67. The van der Waals surface area contributed by atoms with Gasteiger partial charge in [-0.25, -0.2) is 9.78 Å². The summed E-state index contributed by atoms with van der Waals surface area (Å²) in [6, 6.07) is 12.8. The zero-order valence-electron chi connectivity index (χ0n) is 16.5. The fourth-order valence-electron chi connectivity index (χ4n) is 3.12. The molecule has 0 fully saturated rings. The first kappa shape index (κ1) is 19.9. The quantitative estimate of drug-likeness (QED) is 0.266. The lowest BCUT2D eigenvalue weighted by molar-refractivity contribution is 0.0562. The highest BCUT2D eigenvalue weighted by molar-refractivity contribution is 7.98. The minimum Gasteiger partial charge on any atom is -0.463 e. The second-order valence-electron chi connectivity index (χ2n) is 6.67. The molecule has 1 aromatic carbocycles. The van der Waals surface area contributed by atoms with Crippen LogP contribution < -0.4 is 5.56 Å². The lowest BCUT2D eigenvalue weighted by Gasteiger charge is -2.12. The number of thioether (sulfide) groups is 1. The number of furan rings is 1. The summed E-state index contributed by atoms with van der Waals surface area (Å²) in [5.74, 6) is 0.692. The first-order chi connectivity index (χ1) is 14.6. The SMILES string of the molecule is COC(=O)c1oc(CSc2nc3ccccc3c(=O)n2Cc2cccnc2)cc1C. The number of para-hydroxylation sites is 1. The van der Waals surface area contributed by atoms with E-state index in [1.165, 1.54) is 18.9 Å². The number of rotatable bonds is 6. The normalized spacial score (nSPS) is 11.0. The molecule has 0 saturated carbocycles. The second-order valence-corrected chi connectivity index (χ2v) is 7.61. The molecule has 0 saturated heterocycles. The number of aromatic nitrogens is 3. The van der Waals surface area contributed by atoms with Gasteiger partial charge in [0.25, 0.3) is 5.56 Å². The molecule has 0 unspecified atom stereocenters. The summed E-state index contributed by atoms with van der Waals surface area (Å²) in [6.07, 6.45) is 3.42. The Morgan fingerprint density at radius 3 is 2.83 bits per heavy atom. The molecule has 7 nitrogen and oxygen atoms in total. The smallest absolute Gasteiger partial charge is 0.374 e. The molecule has 30 heavy (non-hydrogen) atoms. The summed E-state index contributed by atoms with van der Waals surface area (Å²) in [6.45, 7) is 2.15. The fourth-order valence-corrected chi connectivity index (χ4v) is 4.00. The van der Waals surface area contributed by atoms with E-state index in [0.717, 1.165) is 5.56 Å². The zero-order valence-corrected chi connectivity index (χ0v) is 17.3. The molecule has 0 radical (unpaired) electrons. The molecule has 0 aliphatic rings. The van der Waals surface area contributed by atoms with Crippen molar-refractivity contribution in [3.05, 3.63) is 87.9 Å². The van der Waals surface area contributed by atoms with E-state index in [1.54, 1.807) is 36.0 Å². The third-order valence-electron chi connectivity index (χ3n) is 4.57. The van der Waals surface area contributed by atoms with Crippen LogP contribution in [-0.4, -0.2) is 27.6 Å². The van der Waals surface area contributed by atoms with E-state index >= 15 is 0 Å². The third-order valence-corrected chi connectivity index (χ3v) is 5.57. The number of fused-ring (bicyclic) bond motifs is 1. The van der Waals surface area contributed by atoms with Crippen LogP contribution in [0.3, 0.4) is 0 Å². The molecule has 0 aliphatic carbocycles. The minimum absolute atomic E-state index is 0.113. The molecule has 4 aromatic rings. The van der Waals surface area contributed by atoms with Crippen LogP contribution in [-0.2, 0) is 17.0 Å². The van der Waals surface area contributed by atoms with Crippen molar-refractivity contribution in [2.24, 2.45) is 0 Å². The molecule has 0 amide bonds. The van der Waals surface area contributed by atoms with Gasteiger partial charge >= 0.3 is 5.97 Å². The Labute approximate surface area is 176 Å². The van der Waals surface area contributed by atoms with Crippen LogP contribution in [0.25, 0.3) is 10.9 Å². The molecule has 0 spiro atoms. The highest BCUT2D eigenvalue weighted by Crippen LogP contribution is 2.25. The van der Waals surface area contributed by atoms with Gasteiger partial charge in [-0.3, -0.25) is 14.3 Å². The zero-order chi connectivity index (χ0) is 21.1. The molecule has 3 aromatic heterocycles. The van der Waals surface area contributed by atoms with Crippen LogP contribution in [0.2, 0.25) is 0 Å². The number of pyridine rings is 1. The third kappa shape index (κ3) is 3.99. The van der Waals surface area contributed by atoms with Gasteiger partial charge in [0.05, 0.1) is 30.3 Å². The fraction of sp³-hybridized carbons (Fsp3) is 0.182. The number of hydrogen-bond donors (Lipinski definition) is 0. The molecular weight excluding hydrogens is 402 g/mol. The van der Waals surface area contributed by atoms with Crippen molar-refractivity contribution >= 4 is 28.6 Å². The van der Waals surface area contributed by atoms with Gasteiger partial charge in [0.2, 0.25) is 5.76 Å². The predicted molar refractivity (Wildman–Crippen MR) is 114 cm³/mol. The van der Waals surface area contributed by atoms with Crippen LogP contribution >= 0.6 is 11.8 Å². The van der Waals surface area contributed by atoms with Crippen molar-refractivity contribution in [3.63, 3.8) is 0 Å². The average Bonchev–Trinajstić information content (AvgIpc) is 3.15. The summed E-state index contributed by atoms with van der Waals surface area (Å²) in [7, 11) is 1.31. The van der Waals surface area contributed by atoms with E-state index in [1.807, 2.05) is 30.3 Å². The molecule has 8 heteroatoms. The average molecular weight is 421 g/mol. The van der Waals surface area contributed by atoms with Gasteiger partial charge in [0.15, 0.2) is 5.16 Å². The van der Waals surface area contributed by atoms with Gasteiger partial charge in [-0.1, -0.05) is 30.0 Å². The van der Waals surface area contributed by atoms with Crippen molar-refractivity contribution in [1.82, 2.24) is 14.5 Å². The predicted octanol–water partition coefficient (Wildman–Crippen LogP) is 3.82. The van der Waals surface area contributed by atoms with Crippen LogP contribution in [0.1, 0.15) is 27.4 Å². The van der Waals surface area contributed by atoms with Crippen molar-refractivity contribution in [2.45, 2.75) is 24.4 Å². The Hall–Kier alpha value is -3.39. The first-order valence-corrected chi connectivity index (χ1v) is 10.2. The Morgan fingerprint density at radius 2 is 2.07 bits per heavy atom. The largest absolute Gasteiger partial charge is 0.463 e. The van der Waals surface area contributed by atoms with E-state index in [-0.39, 0.29) is 11.3 Å². The van der Waals surface area contributed by atoms with Gasteiger partial charge in [-0.05, 0) is 36.8 Å². The maximum Gasteiger partial charge on any atom is 0.374 e. The van der Waals surface area contributed by atoms with Gasteiger partial charge < -0.3 is 9.15 Å². The standard InChI is InChI=1S/C22H19N3O4S/c1-14-10-16(29-19(14)21(27)28-2)13-30-22-24-18-8-4-3-7-17(18)20(26)25(22)12-15-6-5-9-23-11-15/h3-11H,12-13H2,1-2H3. The number of benzene rings is 1. The number of ether oxygens (including phenoxy) is 1. The lowest BCUT2D eigenvalue weighted by atomic mass is 10.2. The minimum atomic E-state index is -0.513. The number of esters is 1. The summed E-state index contributed by atoms with van der Waals surface area (Å²) >= 11 is 1.38. The van der Waals surface area contributed by atoms with E-state index in [2.05, 4.69) is 4.98 Å². The maximum absolute atomic E-state index is 13.2. The van der Waals surface area contributed by atoms with Gasteiger partial charge in [0, 0.05) is 18.0 Å². The molecule has 0 aliphatic heterocycles. The van der Waals surface area contributed by atoms with Crippen molar-refractivity contribution < 1.29 is 13.9 Å². The van der Waals surface area contributed by atoms with Gasteiger partial charge in [-0.2, -0.15) is 0 Å². The Morgan fingerprint density at radius 1 is 1.23 bits per heavy atom. The van der Waals surface area contributed by atoms with Crippen molar-refractivity contribution in [2.75, 3.05) is 7.11 Å². The second kappa shape index (κ2) is 8.54. The molecule has 3 heterocycles. The number of aryl methyl sites for hydroxylation is 1. The summed E-state index contributed by atoms with van der Waals surface area (Å²) in [5.41, 5.74) is 2.13. The topological polar surface area (TPSA) is 87.2 Å². The van der Waals surface area contributed by atoms with Crippen LogP contribution in [0.15, 0.2) is 69.2 Å². The molecule has 152 valence electrons. The molecular formula is C22H19N3O4S. The number of carbonyl (C=O) groups is 1. The Bertz CT molecular complexity index is 1260. The van der Waals surface area contributed by atoms with Gasteiger partial charge in [0.1, 0.15) is 5.76 Å². The number of methoxy groups -OCH3 is 1. The monoisotopic (exact) mass is 421 g/mol. The highest BCUT2D eigenvalue weighted by atomic mass is 32.2. The van der Waals surface area contributed by atoms with Gasteiger partial charge in [-0.15, -0.1) is 0 Å². The molecule has 0 bridgehead atoms. The van der Waals surface area contributed by atoms with E-state index in [9.17, 15) is 9.59 Å². The molecule has 4 rings (SSSR count). The molecule has 0 N–H and O–H groups in total. The van der Waals surface area contributed by atoms with Crippen LogP contribution in [0.4, 0.5) is 0 Å². The lowest BCUT2D eigenvalue weighted by Crippen LogP contribution is -2.24. The van der Waals surface area contributed by atoms with Crippen LogP contribution in [0.5, 0.6) is 0 Å². The molecule has 0 atom stereocenters. The van der Waals surface area contributed by atoms with Crippen molar-refractivity contribution in [3.8, 4) is 0 Å². The number of hydrogen-bond acceptors (Lipinski definition) is 7. The number of nitrogens with zero attached hydrogens (tertiary/aromatic N) is 3.